The molecule has 0 unspecified atom stereocenters. The van der Waals surface area contributed by atoms with Crippen LogP contribution in [0.15, 0.2) is 48.5 Å². The molecule has 2 rings (SSSR count). The molecule has 5 heteroatoms. The fraction of sp³-hybridized carbons (Fsp3) is 0.278. The van der Waals surface area contributed by atoms with E-state index in [0.29, 0.717) is 11.0 Å². The molecule has 0 aromatic heterocycles. The van der Waals surface area contributed by atoms with Crippen LogP contribution in [0.2, 0.25) is 0 Å². The van der Waals surface area contributed by atoms with Crippen molar-refractivity contribution in [2.75, 3.05) is 5.32 Å². The Balaban J connectivity index is 2.08. The second kappa shape index (κ2) is 8.02. The fourth-order valence-electron chi connectivity index (χ4n) is 2.34. The molecule has 23 heavy (non-hydrogen) atoms. The second-order valence-electron chi connectivity index (χ2n) is 5.82. The Morgan fingerprint density at radius 3 is 2.39 bits per heavy atom. The Bertz CT molecular complexity index is 659. The summed E-state index contributed by atoms with van der Waals surface area (Å²) in [5, 5.41) is 6.31. The molecule has 0 bridgehead atoms. The van der Waals surface area contributed by atoms with Crippen molar-refractivity contribution in [2.24, 2.45) is 5.92 Å². The van der Waals surface area contributed by atoms with Gasteiger partial charge in [0, 0.05) is 6.07 Å². The molecule has 2 aromatic carbocycles. The van der Waals surface area contributed by atoms with Gasteiger partial charge in [0.15, 0.2) is 5.11 Å². The monoisotopic (exact) mass is 334 g/mol. The van der Waals surface area contributed by atoms with Crippen LogP contribution >= 0.6 is 12.2 Å². The van der Waals surface area contributed by atoms with Gasteiger partial charge in [-0.15, -0.1) is 0 Å². The Hall–Kier alpha value is -2.01. The van der Waals surface area contributed by atoms with Crippen molar-refractivity contribution in [3.8, 4) is 0 Å². The molecular weight excluding hydrogens is 314 g/mol. The lowest BCUT2D eigenvalue weighted by atomic mass is 9.97. The molecule has 122 valence electrons. The van der Waals surface area contributed by atoms with E-state index in [4.69, 9.17) is 12.2 Å². The van der Waals surface area contributed by atoms with E-state index in [9.17, 15) is 8.78 Å². The van der Waals surface area contributed by atoms with Crippen molar-refractivity contribution >= 4 is 23.0 Å². The lowest BCUT2D eigenvalue weighted by Gasteiger charge is -2.23. The molecule has 0 fully saturated rings. The predicted octanol–water partition coefficient (Wildman–Crippen LogP) is 5.04. The van der Waals surface area contributed by atoms with Crippen LogP contribution in [-0.2, 0) is 0 Å². The minimum Gasteiger partial charge on any atom is -0.356 e. The SMILES string of the molecule is CC(C)C[C@@H](NC(=S)Nc1ccc(F)cc1F)c1ccccc1. The molecule has 0 spiro atoms. The van der Waals surface area contributed by atoms with E-state index in [2.05, 4.69) is 24.5 Å². The van der Waals surface area contributed by atoms with Crippen molar-refractivity contribution in [3.05, 3.63) is 65.7 Å². The van der Waals surface area contributed by atoms with Crippen LogP contribution < -0.4 is 10.6 Å². The molecule has 1 atom stereocenters. The first-order chi connectivity index (χ1) is 11.0. The molecule has 2 nitrogen and oxygen atoms in total. The molecule has 0 aliphatic rings. The van der Waals surface area contributed by atoms with Gasteiger partial charge in [-0.3, -0.25) is 0 Å². The predicted molar refractivity (Wildman–Crippen MR) is 94.4 cm³/mol. The highest BCUT2D eigenvalue weighted by Crippen LogP contribution is 2.22. The first-order valence-electron chi connectivity index (χ1n) is 7.53. The number of hydrogen-bond acceptors (Lipinski definition) is 1. The summed E-state index contributed by atoms with van der Waals surface area (Å²) in [5.74, 6) is -0.818. The lowest BCUT2D eigenvalue weighted by Crippen LogP contribution is -2.33. The van der Waals surface area contributed by atoms with Gasteiger partial charge in [-0.05, 0) is 42.3 Å². The maximum atomic E-state index is 13.7. The van der Waals surface area contributed by atoms with Crippen LogP contribution in [-0.4, -0.2) is 5.11 Å². The topological polar surface area (TPSA) is 24.1 Å². The molecule has 0 aliphatic heterocycles. The van der Waals surface area contributed by atoms with Crippen molar-refractivity contribution in [1.29, 1.82) is 0 Å². The van der Waals surface area contributed by atoms with Crippen molar-refractivity contribution < 1.29 is 8.78 Å². The number of benzene rings is 2. The Morgan fingerprint density at radius 1 is 1.09 bits per heavy atom. The first-order valence-corrected chi connectivity index (χ1v) is 7.94. The summed E-state index contributed by atoms with van der Waals surface area (Å²) in [7, 11) is 0. The van der Waals surface area contributed by atoms with Crippen LogP contribution in [0.5, 0.6) is 0 Å². The van der Waals surface area contributed by atoms with Gasteiger partial charge in [0.05, 0.1) is 11.7 Å². The molecule has 0 radical (unpaired) electrons. The van der Waals surface area contributed by atoms with Crippen LogP contribution in [0.4, 0.5) is 14.5 Å². The molecular formula is C18H20F2N2S. The van der Waals surface area contributed by atoms with E-state index in [1.54, 1.807) is 0 Å². The molecule has 0 aliphatic carbocycles. The number of nitrogens with one attached hydrogen (secondary N) is 2. The van der Waals surface area contributed by atoms with E-state index < -0.39 is 11.6 Å². The fourth-order valence-corrected chi connectivity index (χ4v) is 2.59. The van der Waals surface area contributed by atoms with Gasteiger partial charge in [0.2, 0.25) is 0 Å². The number of hydrogen-bond donors (Lipinski definition) is 2. The molecule has 0 saturated heterocycles. The molecule has 0 heterocycles. The summed E-state index contributed by atoms with van der Waals surface area (Å²) in [4.78, 5) is 0. The Kier molecular flexibility index (Phi) is 6.04. The quantitative estimate of drug-likeness (QED) is 0.749. The summed E-state index contributed by atoms with van der Waals surface area (Å²) in [6.45, 7) is 4.27. The van der Waals surface area contributed by atoms with Gasteiger partial charge in [-0.1, -0.05) is 44.2 Å². The summed E-state index contributed by atoms with van der Waals surface area (Å²) in [6, 6.07) is 13.3. The molecule has 0 saturated carbocycles. The van der Waals surface area contributed by atoms with E-state index in [1.807, 2.05) is 30.3 Å². The van der Waals surface area contributed by atoms with Gasteiger partial charge < -0.3 is 10.6 Å². The van der Waals surface area contributed by atoms with Crippen LogP contribution in [0, 0.1) is 17.6 Å². The van der Waals surface area contributed by atoms with Gasteiger partial charge in [-0.25, -0.2) is 8.78 Å². The smallest absolute Gasteiger partial charge is 0.171 e. The van der Waals surface area contributed by atoms with Crippen LogP contribution in [0.3, 0.4) is 0 Å². The Labute approximate surface area is 140 Å². The normalized spacial score (nSPS) is 12.0. The molecule has 2 aromatic rings. The maximum Gasteiger partial charge on any atom is 0.171 e. The second-order valence-corrected chi connectivity index (χ2v) is 6.22. The van der Waals surface area contributed by atoms with E-state index in [0.717, 1.165) is 18.1 Å². The van der Waals surface area contributed by atoms with Gasteiger partial charge in [0.25, 0.3) is 0 Å². The summed E-state index contributed by atoms with van der Waals surface area (Å²) >= 11 is 5.27. The number of halogens is 2. The number of rotatable bonds is 5. The van der Waals surface area contributed by atoms with Gasteiger partial charge >= 0.3 is 0 Å². The maximum absolute atomic E-state index is 13.7. The minimum absolute atomic E-state index is 0.0275. The third-order valence-corrected chi connectivity index (χ3v) is 3.61. The standard InChI is InChI=1S/C18H20F2N2S/c1-12(2)10-17(13-6-4-3-5-7-13)22-18(23)21-16-9-8-14(19)11-15(16)20/h3-9,11-12,17H,10H2,1-2H3,(H2,21,22,23)/t17-/m1/s1. The molecule has 0 amide bonds. The van der Waals surface area contributed by atoms with Crippen molar-refractivity contribution in [2.45, 2.75) is 26.3 Å². The van der Waals surface area contributed by atoms with Crippen molar-refractivity contribution in [1.82, 2.24) is 5.32 Å². The largest absolute Gasteiger partial charge is 0.356 e. The third kappa shape index (κ3) is 5.28. The Morgan fingerprint density at radius 2 is 1.78 bits per heavy atom. The van der Waals surface area contributed by atoms with Crippen LogP contribution in [0.25, 0.3) is 0 Å². The first kappa shape index (κ1) is 17.3. The zero-order chi connectivity index (χ0) is 16.8. The van der Waals surface area contributed by atoms with Crippen LogP contribution in [0.1, 0.15) is 31.9 Å². The number of thiocarbonyl (C=S) groups is 1. The molecule has 2 N–H and O–H groups in total. The minimum atomic E-state index is -0.672. The zero-order valence-corrected chi connectivity index (χ0v) is 14.0. The van der Waals surface area contributed by atoms with E-state index in [-0.39, 0.29) is 11.7 Å². The van der Waals surface area contributed by atoms with Gasteiger partial charge in [0.1, 0.15) is 11.6 Å². The van der Waals surface area contributed by atoms with Gasteiger partial charge in [-0.2, -0.15) is 0 Å². The summed E-state index contributed by atoms with van der Waals surface area (Å²) in [5.41, 5.74) is 1.27. The number of anilines is 1. The van der Waals surface area contributed by atoms with E-state index in [1.165, 1.54) is 12.1 Å². The summed E-state index contributed by atoms with van der Waals surface area (Å²) in [6.07, 6.45) is 0.887. The van der Waals surface area contributed by atoms with E-state index >= 15 is 0 Å². The highest BCUT2D eigenvalue weighted by molar-refractivity contribution is 7.80. The average Bonchev–Trinajstić information content (AvgIpc) is 2.50. The van der Waals surface area contributed by atoms with Crippen molar-refractivity contribution in [3.63, 3.8) is 0 Å². The highest BCUT2D eigenvalue weighted by Gasteiger charge is 2.15. The highest BCUT2D eigenvalue weighted by atomic mass is 32.1. The average molecular weight is 334 g/mol. The third-order valence-electron chi connectivity index (χ3n) is 3.39. The zero-order valence-electron chi connectivity index (χ0n) is 13.1. The lowest BCUT2D eigenvalue weighted by molar-refractivity contribution is 0.480. The summed E-state index contributed by atoms with van der Waals surface area (Å²) < 4.78 is 26.6.